The van der Waals surface area contributed by atoms with Crippen molar-refractivity contribution in [2.45, 2.75) is 39.5 Å². The zero-order valence-corrected chi connectivity index (χ0v) is 14.1. The summed E-state index contributed by atoms with van der Waals surface area (Å²) in [6, 6.07) is 16.0. The normalized spacial score (nSPS) is 10.6. The third kappa shape index (κ3) is 5.78. The lowest BCUT2D eigenvalue weighted by molar-refractivity contribution is -0.116. The molecule has 0 aliphatic rings. The number of carbonyl (C=O) groups is 1. The highest BCUT2D eigenvalue weighted by atomic mass is 16.5. The first-order valence-corrected chi connectivity index (χ1v) is 8.14. The molecule has 0 heterocycles. The molecule has 2 rings (SSSR count). The molecule has 3 heteroatoms. The number of benzene rings is 2. The van der Waals surface area contributed by atoms with Gasteiger partial charge in [0.2, 0.25) is 5.91 Å². The fourth-order valence-corrected chi connectivity index (χ4v) is 2.23. The maximum atomic E-state index is 11.9. The van der Waals surface area contributed by atoms with Crippen molar-refractivity contribution in [1.29, 1.82) is 0 Å². The van der Waals surface area contributed by atoms with E-state index in [1.165, 1.54) is 11.1 Å². The standard InChI is InChI=1S/C20H25NO2/c1-15(2)17-8-12-19(13-9-17)23-14-4-5-20(22)21-18-10-6-16(3)7-11-18/h6-13,15H,4-5,14H2,1-3H3,(H,21,22). The number of hydrogen-bond donors (Lipinski definition) is 1. The predicted molar refractivity (Wildman–Crippen MR) is 95.1 cm³/mol. The van der Waals surface area contributed by atoms with Crippen LogP contribution in [0.25, 0.3) is 0 Å². The Hall–Kier alpha value is -2.29. The number of carbonyl (C=O) groups excluding carboxylic acids is 1. The average molecular weight is 311 g/mol. The highest BCUT2D eigenvalue weighted by Crippen LogP contribution is 2.18. The van der Waals surface area contributed by atoms with Crippen LogP contribution in [0.4, 0.5) is 5.69 Å². The lowest BCUT2D eigenvalue weighted by atomic mass is 10.0. The van der Waals surface area contributed by atoms with Crippen LogP contribution in [0.3, 0.4) is 0 Å². The van der Waals surface area contributed by atoms with Crippen molar-refractivity contribution in [1.82, 2.24) is 0 Å². The molecule has 0 atom stereocenters. The van der Waals surface area contributed by atoms with Gasteiger partial charge in [-0.15, -0.1) is 0 Å². The SMILES string of the molecule is Cc1ccc(NC(=O)CCCOc2ccc(C(C)C)cc2)cc1. The molecule has 1 N–H and O–H groups in total. The van der Waals surface area contributed by atoms with Gasteiger partial charge in [0.05, 0.1) is 6.61 Å². The number of anilines is 1. The summed E-state index contributed by atoms with van der Waals surface area (Å²) in [5.41, 5.74) is 3.32. The van der Waals surface area contributed by atoms with Gasteiger partial charge in [-0.25, -0.2) is 0 Å². The van der Waals surface area contributed by atoms with Crippen molar-refractivity contribution in [3.05, 3.63) is 59.7 Å². The third-order valence-corrected chi connectivity index (χ3v) is 3.70. The van der Waals surface area contributed by atoms with Gasteiger partial charge in [0, 0.05) is 12.1 Å². The van der Waals surface area contributed by atoms with Crippen LogP contribution in [-0.4, -0.2) is 12.5 Å². The van der Waals surface area contributed by atoms with Crippen LogP contribution in [0, 0.1) is 6.92 Å². The zero-order chi connectivity index (χ0) is 16.7. The Morgan fingerprint density at radius 3 is 2.30 bits per heavy atom. The van der Waals surface area contributed by atoms with E-state index in [1.54, 1.807) is 0 Å². The van der Waals surface area contributed by atoms with Gasteiger partial charge in [-0.3, -0.25) is 4.79 Å². The van der Waals surface area contributed by atoms with E-state index in [0.717, 1.165) is 11.4 Å². The van der Waals surface area contributed by atoms with Gasteiger partial charge in [-0.05, 0) is 49.1 Å². The van der Waals surface area contributed by atoms with Crippen molar-refractivity contribution in [3.8, 4) is 5.75 Å². The van der Waals surface area contributed by atoms with Crippen LogP contribution in [0.1, 0.15) is 43.7 Å². The van der Waals surface area contributed by atoms with Crippen LogP contribution in [0.5, 0.6) is 5.75 Å². The Labute approximate surface area is 138 Å². The van der Waals surface area contributed by atoms with Gasteiger partial charge in [0.15, 0.2) is 0 Å². The molecule has 0 aromatic heterocycles. The molecule has 2 aromatic carbocycles. The Kier molecular flexibility index (Phi) is 6.21. The maximum Gasteiger partial charge on any atom is 0.224 e. The lowest BCUT2D eigenvalue weighted by Gasteiger charge is -2.09. The summed E-state index contributed by atoms with van der Waals surface area (Å²) in [4.78, 5) is 11.9. The maximum absolute atomic E-state index is 11.9. The molecule has 122 valence electrons. The van der Waals surface area contributed by atoms with Crippen LogP contribution in [0.15, 0.2) is 48.5 Å². The minimum atomic E-state index is 0.0209. The summed E-state index contributed by atoms with van der Waals surface area (Å²) in [5.74, 6) is 1.40. The quantitative estimate of drug-likeness (QED) is 0.737. The predicted octanol–water partition coefficient (Wildman–Crippen LogP) is 4.92. The molecule has 0 fully saturated rings. The Balaban J connectivity index is 1.68. The van der Waals surface area contributed by atoms with Crippen LogP contribution in [0.2, 0.25) is 0 Å². The highest BCUT2D eigenvalue weighted by molar-refractivity contribution is 5.90. The summed E-state index contributed by atoms with van der Waals surface area (Å²) in [6.07, 6.45) is 1.15. The first kappa shape index (κ1) is 17.1. The molecule has 0 saturated heterocycles. The number of nitrogens with one attached hydrogen (secondary N) is 1. The first-order valence-electron chi connectivity index (χ1n) is 8.14. The number of ether oxygens (including phenoxy) is 1. The molecule has 0 aliphatic heterocycles. The Bertz CT molecular complexity index is 615. The number of rotatable bonds is 7. The number of aryl methyl sites for hydroxylation is 1. The van der Waals surface area contributed by atoms with Crippen molar-refractivity contribution >= 4 is 11.6 Å². The second-order valence-corrected chi connectivity index (χ2v) is 6.09. The van der Waals surface area contributed by atoms with E-state index in [0.29, 0.717) is 25.4 Å². The number of amides is 1. The van der Waals surface area contributed by atoms with E-state index >= 15 is 0 Å². The summed E-state index contributed by atoms with van der Waals surface area (Å²) in [6.45, 7) is 6.91. The fourth-order valence-electron chi connectivity index (χ4n) is 2.23. The molecule has 1 amide bonds. The smallest absolute Gasteiger partial charge is 0.224 e. The number of hydrogen-bond acceptors (Lipinski definition) is 2. The monoisotopic (exact) mass is 311 g/mol. The second-order valence-electron chi connectivity index (χ2n) is 6.09. The third-order valence-electron chi connectivity index (χ3n) is 3.70. The summed E-state index contributed by atoms with van der Waals surface area (Å²) in [7, 11) is 0. The van der Waals surface area contributed by atoms with Gasteiger partial charge in [0.25, 0.3) is 0 Å². The molecule has 23 heavy (non-hydrogen) atoms. The molecule has 0 bridgehead atoms. The van der Waals surface area contributed by atoms with Crippen molar-refractivity contribution in [2.75, 3.05) is 11.9 Å². The molecule has 0 spiro atoms. The van der Waals surface area contributed by atoms with E-state index in [9.17, 15) is 4.79 Å². The van der Waals surface area contributed by atoms with E-state index < -0.39 is 0 Å². The highest BCUT2D eigenvalue weighted by Gasteiger charge is 2.03. The average Bonchev–Trinajstić information content (AvgIpc) is 2.54. The molecule has 3 nitrogen and oxygen atoms in total. The minimum absolute atomic E-state index is 0.0209. The molecule has 2 aromatic rings. The van der Waals surface area contributed by atoms with Gasteiger partial charge in [-0.2, -0.15) is 0 Å². The lowest BCUT2D eigenvalue weighted by Crippen LogP contribution is -2.12. The van der Waals surface area contributed by atoms with Crippen LogP contribution < -0.4 is 10.1 Å². The first-order chi connectivity index (χ1) is 11.0. The Morgan fingerprint density at radius 1 is 1.04 bits per heavy atom. The van der Waals surface area contributed by atoms with Gasteiger partial charge >= 0.3 is 0 Å². The molecule has 0 unspecified atom stereocenters. The van der Waals surface area contributed by atoms with E-state index in [1.807, 2.05) is 43.3 Å². The van der Waals surface area contributed by atoms with Gasteiger partial charge < -0.3 is 10.1 Å². The van der Waals surface area contributed by atoms with Crippen molar-refractivity contribution in [3.63, 3.8) is 0 Å². The van der Waals surface area contributed by atoms with E-state index in [4.69, 9.17) is 4.74 Å². The Morgan fingerprint density at radius 2 is 1.70 bits per heavy atom. The summed E-state index contributed by atoms with van der Waals surface area (Å²) in [5, 5.41) is 2.89. The zero-order valence-electron chi connectivity index (χ0n) is 14.1. The summed E-state index contributed by atoms with van der Waals surface area (Å²) < 4.78 is 5.68. The molecule has 0 saturated carbocycles. The van der Waals surface area contributed by atoms with Crippen molar-refractivity contribution in [2.24, 2.45) is 0 Å². The van der Waals surface area contributed by atoms with E-state index in [2.05, 4.69) is 31.3 Å². The van der Waals surface area contributed by atoms with E-state index in [-0.39, 0.29) is 5.91 Å². The van der Waals surface area contributed by atoms with Crippen molar-refractivity contribution < 1.29 is 9.53 Å². The molecule has 0 aliphatic carbocycles. The van der Waals surface area contributed by atoms with Crippen LogP contribution in [-0.2, 0) is 4.79 Å². The molecule has 0 radical (unpaired) electrons. The minimum Gasteiger partial charge on any atom is -0.494 e. The molecular formula is C20H25NO2. The second kappa shape index (κ2) is 8.37. The van der Waals surface area contributed by atoms with Crippen LogP contribution >= 0.6 is 0 Å². The fraction of sp³-hybridized carbons (Fsp3) is 0.350. The van der Waals surface area contributed by atoms with Gasteiger partial charge in [-0.1, -0.05) is 43.7 Å². The summed E-state index contributed by atoms with van der Waals surface area (Å²) >= 11 is 0. The van der Waals surface area contributed by atoms with Gasteiger partial charge in [0.1, 0.15) is 5.75 Å². The topological polar surface area (TPSA) is 38.3 Å². The molecular weight excluding hydrogens is 286 g/mol. The largest absolute Gasteiger partial charge is 0.494 e.